The molecule has 30 heavy (non-hydrogen) atoms. The van der Waals surface area contributed by atoms with Crippen LogP contribution in [0.5, 0.6) is 0 Å². The third-order valence-electron chi connectivity index (χ3n) is 4.21. The number of thioether (sulfide) groups is 1. The first-order valence-corrected chi connectivity index (χ1v) is 11.1. The van der Waals surface area contributed by atoms with E-state index >= 15 is 0 Å². The predicted octanol–water partition coefficient (Wildman–Crippen LogP) is 4.55. The Balaban J connectivity index is 1.53. The number of nitrogens with one attached hydrogen (secondary N) is 1. The van der Waals surface area contributed by atoms with Crippen molar-refractivity contribution in [1.82, 2.24) is 20.2 Å². The van der Waals surface area contributed by atoms with Gasteiger partial charge in [-0.2, -0.15) is 5.10 Å². The average molecular weight is 434 g/mol. The lowest BCUT2D eigenvalue weighted by molar-refractivity contribution is -0.118. The molecule has 4 aromatic rings. The van der Waals surface area contributed by atoms with E-state index in [9.17, 15) is 4.79 Å². The molecular formula is C22H19N5OS2. The van der Waals surface area contributed by atoms with Crippen molar-refractivity contribution in [2.45, 2.75) is 12.1 Å². The molecule has 0 radical (unpaired) electrons. The number of aryl methyl sites for hydroxylation is 1. The molecule has 2 aromatic carbocycles. The van der Waals surface area contributed by atoms with Crippen molar-refractivity contribution in [3.63, 3.8) is 0 Å². The molecule has 4 rings (SSSR count). The van der Waals surface area contributed by atoms with Crippen molar-refractivity contribution in [1.29, 1.82) is 0 Å². The van der Waals surface area contributed by atoms with Crippen LogP contribution in [-0.2, 0) is 4.79 Å². The Morgan fingerprint density at radius 1 is 1.10 bits per heavy atom. The van der Waals surface area contributed by atoms with E-state index in [-0.39, 0.29) is 11.7 Å². The van der Waals surface area contributed by atoms with Crippen LogP contribution in [-0.4, -0.2) is 32.6 Å². The summed E-state index contributed by atoms with van der Waals surface area (Å²) in [6, 6.07) is 21.9. The van der Waals surface area contributed by atoms with Crippen molar-refractivity contribution in [2.24, 2.45) is 5.10 Å². The lowest BCUT2D eigenvalue weighted by Crippen LogP contribution is -2.19. The van der Waals surface area contributed by atoms with E-state index in [0.29, 0.717) is 5.16 Å². The molecule has 0 aliphatic rings. The van der Waals surface area contributed by atoms with Crippen molar-refractivity contribution >= 4 is 35.2 Å². The first-order chi connectivity index (χ1) is 14.7. The first-order valence-electron chi connectivity index (χ1n) is 9.27. The van der Waals surface area contributed by atoms with E-state index in [1.165, 1.54) is 17.3 Å². The molecule has 0 spiro atoms. The number of carbonyl (C=O) groups excluding carboxylic acids is 1. The fourth-order valence-corrected chi connectivity index (χ4v) is 4.09. The van der Waals surface area contributed by atoms with E-state index in [1.54, 1.807) is 17.6 Å². The molecule has 8 heteroatoms. The summed E-state index contributed by atoms with van der Waals surface area (Å²) < 4.78 is 1.97. The van der Waals surface area contributed by atoms with Gasteiger partial charge >= 0.3 is 0 Å². The molecular weight excluding hydrogens is 414 g/mol. The van der Waals surface area contributed by atoms with Crippen LogP contribution in [0.15, 0.2) is 82.4 Å². The fraction of sp³-hybridized carbons (Fsp3) is 0.0909. The quantitative estimate of drug-likeness (QED) is 0.264. The first kappa shape index (κ1) is 20.1. The van der Waals surface area contributed by atoms with Crippen LogP contribution in [0.1, 0.15) is 10.4 Å². The molecule has 150 valence electrons. The van der Waals surface area contributed by atoms with Crippen LogP contribution in [0.25, 0.3) is 17.1 Å². The molecule has 2 aromatic heterocycles. The van der Waals surface area contributed by atoms with E-state index in [2.05, 4.69) is 20.7 Å². The second-order valence-electron chi connectivity index (χ2n) is 6.44. The standard InChI is InChI=1S/C22H19N5OS2/c1-16-9-11-17(12-10-16)21-25-26-22(27(21)18-6-3-2-4-7-18)30-15-20(28)24-23-14-19-8-5-13-29-19/h2-14H,15H2,1H3,(H,24,28)/b23-14-. The maximum atomic E-state index is 12.2. The number of thiophene rings is 1. The number of para-hydroxylation sites is 1. The van der Waals surface area contributed by atoms with Gasteiger partial charge in [-0.1, -0.05) is 65.9 Å². The largest absolute Gasteiger partial charge is 0.272 e. The number of nitrogens with zero attached hydrogens (tertiary/aromatic N) is 4. The summed E-state index contributed by atoms with van der Waals surface area (Å²) in [5, 5.41) is 15.3. The van der Waals surface area contributed by atoms with Gasteiger partial charge in [0.1, 0.15) is 0 Å². The monoisotopic (exact) mass is 433 g/mol. The summed E-state index contributed by atoms with van der Waals surface area (Å²) in [6.45, 7) is 2.05. The summed E-state index contributed by atoms with van der Waals surface area (Å²) in [4.78, 5) is 13.2. The minimum Gasteiger partial charge on any atom is -0.272 e. The van der Waals surface area contributed by atoms with Gasteiger partial charge in [-0.05, 0) is 30.5 Å². The van der Waals surface area contributed by atoms with Gasteiger partial charge in [-0.15, -0.1) is 21.5 Å². The Bertz CT molecular complexity index is 1140. The SMILES string of the molecule is Cc1ccc(-c2nnc(SCC(=O)N/N=C\c3cccs3)n2-c2ccccc2)cc1. The lowest BCUT2D eigenvalue weighted by Gasteiger charge is -2.10. The smallest absolute Gasteiger partial charge is 0.250 e. The van der Waals surface area contributed by atoms with Crippen molar-refractivity contribution in [3.8, 4) is 17.1 Å². The van der Waals surface area contributed by atoms with Gasteiger partial charge in [0.2, 0.25) is 0 Å². The van der Waals surface area contributed by atoms with Crippen LogP contribution in [0, 0.1) is 6.92 Å². The summed E-state index contributed by atoms with van der Waals surface area (Å²) in [7, 11) is 0. The Morgan fingerprint density at radius 3 is 2.63 bits per heavy atom. The topological polar surface area (TPSA) is 72.2 Å². The van der Waals surface area contributed by atoms with Gasteiger partial charge in [0.05, 0.1) is 12.0 Å². The number of hydrazone groups is 1. The molecule has 0 bridgehead atoms. The van der Waals surface area contributed by atoms with Crippen LogP contribution in [0.2, 0.25) is 0 Å². The van der Waals surface area contributed by atoms with Crippen LogP contribution < -0.4 is 5.43 Å². The Hall–Kier alpha value is -3.23. The van der Waals surface area contributed by atoms with Gasteiger partial charge in [0, 0.05) is 16.1 Å². The molecule has 0 aliphatic carbocycles. The van der Waals surface area contributed by atoms with Gasteiger partial charge in [-0.3, -0.25) is 9.36 Å². The highest BCUT2D eigenvalue weighted by Gasteiger charge is 2.17. The average Bonchev–Trinajstić information content (AvgIpc) is 3.43. The van der Waals surface area contributed by atoms with Gasteiger partial charge < -0.3 is 0 Å². The fourth-order valence-electron chi connectivity index (χ4n) is 2.76. The van der Waals surface area contributed by atoms with Gasteiger partial charge in [0.25, 0.3) is 5.91 Å². The molecule has 1 amide bonds. The second-order valence-corrected chi connectivity index (χ2v) is 8.36. The molecule has 0 unspecified atom stereocenters. The molecule has 0 aliphatic heterocycles. The maximum Gasteiger partial charge on any atom is 0.250 e. The normalized spacial score (nSPS) is 11.1. The van der Waals surface area contributed by atoms with Crippen LogP contribution in [0.4, 0.5) is 0 Å². The van der Waals surface area contributed by atoms with Crippen molar-refractivity contribution < 1.29 is 4.79 Å². The molecule has 2 heterocycles. The predicted molar refractivity (Wildman–Crippen MR) is 122 cm³/mol. The highest BCUT2D eigenvalue weighted by molar-refractivity contribution is 7.99. The summed E-state index contributed by atoms with van der Waals surface area (Å²) in [6.07, 6.45) is 1.63. The second kappa shape index (κ2) is 9.51. The number of amides is 1. The number of carbonyl (C=O) groups is 1. The van der Waals surface area contributed by atoms with E-state index in [0.717, 1.165) is 22.0 Å². The highest BCUT2D eigenvalue weighted by Crippen LogP contribution is 2.28. The van der Waals surface area contributed by atoms with Gasteiger partial charge in [0.15, 0.2) is 11.0 Å². The third-order valence-corrected chi connectivity index (χ3v) is 5.95. The number of aromatic nitrogens is 3. The number of benzene rings is 2. The zero-order valence-corrected chi connectivity index (χ0v) is 17.9. The molecule has 1 N–H and O–H groups in total. The minimum absolute atomic E-state index is 0.181. The number of rotatable bonds is 7. The lowest BCUT2D eigenvalue weighted by atomic mass is 10.1. The summed E-state index contributed by atoms with van der Waals surface area (Å²) >= 11 is 2.88. The Morgan fingerprint density at radius 2 is 1.90 bits per heavy atom. The van der Waals surface area contributed by atoms with Crippen LogP contribution >= 0.6 is 23.1 Å². The molecule has 0 atom stereocenters. The van der Waals surface area contributed by atoms with E-state index < -0.39 is 0 Å². The highest BCUT2D eigenvalue weighted by atomic mass is 32.2. The van der Waals surface area contributed by atoms with Crippen molar-refractivity contribution in [2.75, 3.05) is 5.75 Å². The number of hydrogen-bond donors (Lipinski definition) is 1. The molecule has 0 saturated carbocycles. The van der Waals surface area contributed by atoms with E-state index in [1.807, 2.05) is 83.6 Å². The van der Waals surface area contributed by atoms with E-state index in [4.69, 9.17) is 0 Å². The van der Waals surface area contributed by atoms with Crippen molar-refractivity contribution in [3.05, 3.63) is 82.6 Å². The Kier molecular flexibility index (Phi) is 6.36. The molecule has 6 nitrogen and oxygen atoms in total. The molecule has 0 fully saturated rings. The molecule has 0 saturated heterocycles. The van der Waals surface area contributed by atoms with Crippen LogP contribution in [0.3, 0.4) is 0 Å². The zero-order valence-electron chi connectivity index (χ0n) is 16.2. The minimum atomic E-state index is -0.202. The summed E-state index contributed by atoms with van der Waals surface area (Å²) in [5.41, 5.74) is 5.64. The van der Waals surface area contributed by atoms with Gasteiger partial charge in [-0.25, -0.2) is 5.43 Å². The third kappa shape index (κ3) is 4.84. The number of hydrogen-bond acceptors (Lipinski definition) is 6. The maximum absolute atomic E-state index is 12.2. The zero-order chi connectivity index (χ0) is 20.8. The Labute approximate surface area is 182 Å². The summed E-state index contributed by atoms with van der Waals surface area (Å²) in [5.74, 6) is 0.716.